The van der Waals surface area contributed by atoms with Crippen LogP contribution in [0.1, 0.15) is 20.8 Å². The Morgan fingerprint density at radius 3 is 1.50 bits per heavy atom. The van der Waals surface area contributed by atoms with E-state index in [1.54, 1.807) is 0 Å². The average Bonchev–Trinajstić information content (AvgIpc) is 1.35. The Morgan fingerprint density at radius 2 is 1.50 bits per heavy atom. The van der Waals surface area contributed by atoms with Gasteiger partial charge in [-0.3, -0.25) is 0 Å². The molecule has 2 heteroatoms. The third-order valence-electron chi connectivity index (χ3n) is 0.231. The van der Waals surface area contributed by atoms with Crippen LogP contribution in [0.3, 0.4) is 0 Å². The van der Waals surface area contributed by atoms with Crippen molar-refractivity contribution in [2.75, 3.05) is 0 Å². The Hall–Kier alpha value is 0.280. The molecule has 0 aliphatic carbocycles. The van der Waals surface area contributed by atoms with Gasteiger partial charge in [-0.05, 0) is 20.8 Å². The topological polar surface area (TPSA) is 0 Å². The van der Waals surface area contributed by atoms with Crippen molar-refractivity contribution < 1.29 is 3.89 Å². The van der Waals surface area contributed by atoms with Gasteiger partial charge in [0.2, 0.25) is 0 Å². The lowest BCUT2D eigenvalue weighted by Crippen LogP contribution is -2.03. The van der Waals surface area contributed by atoms with Gasteiger partial charge in [-0.25, -0.2) is 0 Å². The van der Waals surface area contributed by atoms with Gasteiger partial charge in [-0.2, -0.15) is 3.89 Å². The lowest BCUT2D eigenvalue weighted by Gasteiger charge is -2.07. The van der Waals surface area contributed by atoms with E-state index in [1.165, 1.54) is 0 Å². The first-order valence-corrected chi connectivity index (χ1v) is 2.58. The zero-order valence-corrected chi connectivity index (χ0v) is 5.10. The standard InChI is InChI=1S/C4H9FS/c1-4(2,3)6-5/h1-3H3. The number of hydrogen-bond donors (Lipinski definition) is 0. The molecular formula is C4H9FS. The monoisotopic (exact) mass is 108 g/mol. The summed E-state index contributed by atoms with van der Waals surface area (Å²) in [5, 5.41) is 0. The molecular weight excluding hydrogens is 99.1 g/mol. The Morgan fingerprint density at radius 1 is 1.33 bits per heavy atom. The fourth-order valence-electron chi connectivity index (χ4n) is 0. The molecule has 0 atom stereocenters. The Labute approximate surface area is 42.4 Å². The summed E-state index contributed by atoms with van der Waals surface area (Å²) in [5.74, 6) is 0. The first-order valence-electron chi connectivity index (χ1n) is 1.86. The highest BCUT2D eigenvalue weighted by atomic mass is 32.2. The smallest absolute Gasteiger partial charge is 0.0502 e. The normalized spacial score (nSPS) is 12.0. The molecule has 0 amide bonds. The SMILES string of the molecule is CC(C)(C)SF. The van der Waals surface area contributed by atoms with Crippen molar-refractivity contribution in [2.24, 2.45) is 0 Å². The van der Waals surface area contributed by atoms with Gasteiger partial charge in [0.15, 0.2) is 0 Å². The molecule has 0 aliphatic heterocycles. The largest absolute Gasteiger partial charge is 0.165 e. The lowest BCUT2D eigenvalue weighted by molar-refractivity contribution is 0.760. The van der Waals surface area contributed by atoms with Crippen LogP contribution in [-0.4, -0.2) is 4.75 Å². The molecule has 0 aliphatic rings. The predicted molar refractivity (Wildman–Crippen MR) is 28.5 cm³/mol. The van der Waals surface area contributed by atoms with E-state index in [-0.39, 0.29) is 4.75 Å². The second-order valence-electron chi connectivity index (χ2n) is 2.19. The molecule has 0 spiro atoms. The van der Waals surface area contributed by atoms with E-state index in [4.69, 9.17) is 0 Å². The third-order valence-corrected chi connectivity index (χ3v) is 0.694. The van der Waals surface area contributed by atoms with Crippen LogP contribution in [0.5, 0.6) is 0 Å². The van der Waals surface area contributed by atoms with Crippen molar-refractivity contribution in [3.63, 3.8) is 0 Å². The molecule has 0 saturated carbocycles. The maximum absolute atomic E-state index is 11.4. The minimum Gasteiger partial charge on any atom is -0.165 e. The second-order valence-corrected chi connectivity index (χ2v) is 3.57. The van der Waals surface area contributed by atoms with E-state index in [9.17, 15) is 3.89 Å². The molecule has 6 heavy (non-hydrogen) atoms. The van der Waals surface area contributed by atoms with E-state index < -0.39 is 0 Å². The van der Waals surface area contributed by atoms with Crippen molar-refractivity contribution in [3.05, 3.63) is 0 Å². The van der Waals surface area contributed by atoms with Gasteiger partial charge in [0.1, 0.15) is 0 Å². The molecule has 0 N–H and O–H groups in total. The van der Waals surface area contributed by atoms with Gasteiger partial charge in [-0.15, -0.1) is 0 Å². The van der Waals surface area contributed by atoms with E-state index in [2.05, 4.69) is 0 Å². The third kappa shape index (κ3) is 4.28. The van der Waals surface area contributed by atoms with Gasteiger partial charge < -0.3 is 0 Å². The van der Waals surface area contributed by atoms with Crippen molar-refractivity contribution in [1.82, 2.24) is 0 Å². The molecule has 0 aromatic carbocycles. The summed E-state index contributed by atoms with van der Waals surface area (Å²) >= 11 is 0.382. The molecule has 0 aromatic rings. The quantitative estimate of drug-likeness (QED) is 0.459. The minimum absolute atomic E-state index is 0.208. The van der Waals surface area contributed by atoms with Gasteiger partial charge in [0, 0.05) is 4.75 Å². The van der Waals surface area contributed by atoms with Crippen LogP contribution >= 0.6 is 12.1 Å². The zero-order valence-electron chi connectivity index (χ0n) is 4.29. The lowest BCUT2D eigenvalue weighted by atomic mass is 10.3. The van der Waals surface area contributed by atoms with Crippen molar-refractivity contribution >= 4 is 12.1 Å². The average molecular weight is 108 g/mol. The highest BCUT2D eigenvalue weighted by Crippen LogP contribution is 2.22. The Balaban J connectivity index is 3.17. The fraction of sp³-hybridized carbons (Fsp3) is 1.00. The molecule has 0 rings (SSSR count). The molecule has 0 nitrogen and oxygen atoms in total. The maximum atomic E-state index is 11.4. The van der Waals surface area contributed by atoms with Crippen LogP contribution < -0.4 is 0 Å². The minimum atomic E-state index is -0.208. The molecule has 0 heterocycles. The summed E-state index contributed by atoms with van der Waals surface area (Å²) in [6.07, 6.45) is 0. The van der Waals surface area contributed by atoms with Crippen LogP contribution in [0, 0.1) is 0 Å². The molecule has 0 radical (unpaired) electrons. The summed E-state index contributed by atoms with van der Waals surface area (Å²) < 4.78 is 11.2. The van der Waals surface area contributed by atoms with Crippen LogP contribution in [0.4, 0.5) is 3.89 Å². The van der Waals surface area contributed by atoms with Crippen LogP contribution in [0.15, 0.2) is 0 Å². The van der Waals surface area contributed by atoms with Gasteiger partial charge in [0.05, 0.1) is 12.1 Å². The highest BCUT2D eigenvalue weighted by molar-refractivity contribution is 7.95. The number of rotatable bonds is 0. The molecule has 0 unspecified atom stereocenters. The number of hydrogen-bond acceptors (Lipinski definition) is 1. The van der Waals surface area contributed by atoms with Crippen LogP contribution in [0.25, 0.3) is 0 Å². The summed E-state index contributed by atoms with van der Waals surface area (Å²) in [6.45, 7) is 5.49. The summed E-state index contributed by atoms with van der Waals surface area (Å²) in [7, 11) is 0. The summed E-state index contributed by atoms with van der Waals surface area (Å²) in [6, 6.07) is 0. The highest BCUT2D eigenvalue weighted by Gasteiger charge is 2.08. The van der Waals surface area contributed by atoms with Crippen molar-refractivity contribution in [1.29, 1.82) is 0 Å². The van der Waals surface area contributed by atoms with E-state index in [0.717, 1.165) is 0 Å². The van der Waals surface area contributed by atoms with Gasteiger partial charge >= 0.3 is 0 Å². The van der Waals surface area contributed by atoms with E-state index in [1.807, 2.05) is 20.8 Å². The zero-order chi connectivity index (χ0) is 5.21. The maximum Gasteiger partial charge on any atom is 0.0502 e. The first-order chi connectivity index (χ1) is 2.56. The van der Waals surface area contributed by atoms with Crippen LogP contribution in [0.2, 0.25) is 0 Å². The molecule has 0 bridgehead atoms. The van der Waals surface area contributed by atoms with Crippen LogP contribution in [-0.2, 0) is 0 Å². The second kappa shape index (κ2) is 1.82. The molecule has 0 saturated heterocycles. The van der Waals surface area contributed by atoms with E-state index >= 15 is 0 Å². The molecule has 0 fully saturated rings. The summed E-state index contributed by atoms with van der Waals surface area (Å²) in [5.41, 5.74) is 0. The first kappa shape index (κ1) is 6.28. The Kier molecular flexibility index (Phi) is 1.91. The number of halogens is 1. The summed E-state index contributed by atoms with van der Waals surface area (Å²) in [4.78, 5) is 0. The van der Waals surface area contributed by atoms with Crippen molar-refractivity contribution in [3.8, 4) is 0 Å². The Bertz CT molecular complexity index is 37.3. The van der Waals surface area contributed by atoms with E-state index in [0.29, 0.717) is 12.1 Å². The van der Waals surface area contributed by atoms with Crippen molar-refractivity contribution in [2.45, 2.75) is 25.5 Å². The molecule has 0 aromatic heterocycles. The fourth-order valence-corrected chi connectivity index (χ4v) is 0. The predicted octanol–water partition coefficient (Wildman–Crippen LogP) is 2.40. The van der Waals surface area contributed by atoms with Gasteiger partial charge in [0.25, 0.3) is 0 Å². The van der Waals surface area contributed by atoms with Gasteiger partial charge in [-0.1, -0.05) is 0 Å². The molecule has 38 valence electrons.